The number of terminal acetylenes is 1. The van der Waals surface area contributed by atoms with Crippen LogP contribution in [0.2, 0.25) is 5.02 Å². The van der Waals surface area contributed by atoms with E-state index < -0.39 is 0 Å². The summed E-state index contributed by atoms with van der Waals surface area (Å²) in [4.78, 5) is 16.9. The molecule has 1 aliphatic rings. The number of carbonyl (C=O) groups excluding carboxylic acids is 1. The van der Waals surface area contributed by atoms with E-state index in [2.05, 4.69) is 10.9 Å². The van der Waals surface area contributed by atoms with Gasteiger partial charge in [-0.05, 0) is 0 Å². The maximum Gasteiger partial charge on any atom is 0.229 e. The highest BCUT2D eigenvalue weighted by atomic mass is 35.5. The van der Waals surface area contributed by atoms with E-state index >= 15 is 0 Å². The molecule has 1 amide bonds. The first-order valence-corrected chi connectivity index (χ1v) is 5.10. The highest BCUT2D eigenvalue weighted by molar-refractivity contribution is 6.30. The Hall–Kier alpha value is -1.73. The Kier molecular flexibility index (Phi) is 2.71. The molecule has 1 fully saturated rings. The predicted molar refractivity (Wildman–Crippen MR) is 60.2 cm³/mol. The van der Waals surface area contributed by atoms with Gasteiger partial charge in [0.05, 0.1) is 5.02 Å². The third-order valence-corrected chi connectivity index (χ3v) is 2.64. The summed E-state index contributed by atoms with van der Waals surface area (Å²) in [5, 5.41) is 9.96. The molecule has 0 saturated carbocycles. The molecule has 1 N–H and O–H groups in total. The van der Waals surface area contributed by atoms with Gasteiger partial charge in [0.2, 0.25) is 5.91 Å². The molecule has 2 heterocycles. The summed E-state index contributed by atoms with van der Waals surface area (Å²) in [6.07, 6.45) is 6.94. The summed E-state index contributed by atoms with van der Waals surface area (Å²) in [5.74, 6) is 2.38. The maximum absolute atomic E-state index is 11.6. The van der Waals surface area contributed by atoms with Crippen molar-refractivity contribution in [3.8, 4) is 18.1 Å². The number of hydrogen-bond donors (Lipinski definition) is 1. The number of nitrogens with zero attached hydrogens (tertiary/aromatic N) is 2. The molecule has 0 bridgehead atoms. The van der Waals surface area contributed by atoms with E-state index in [9.17, 15) is 9.90 Å². The average Bonchev–Trinajstić information content (AvgIpc) is 2.60. The van der Waals surface area contributed by atoms with Crippen LogP contribution in [0.5, 0.6) is 5.75 Å². The van der Waals surface area contributed by atoms with Crippen molar-refractivity contribution >= 4 is 23.3 Å². The number of aromatic hydroxyl groups is 1. The third kappa shape index (κ3) is 1.82. The predicted octanol–water partition coefficient (Wildman–Crippen LogP) is 1.43. The van der Waals surface area contributed by atoms with Gasteiger partial charge in [-0.15, -0.1) is 12.3 Å². The summed E-state index contributed by atoms with van der Waals surface area (Å²) < 4.78 is 0. The zero-order valence-corrected chi connectivity index (χ0v) is 9.11. The van der Waals surface area contributed by atoms with Crippen molar-refractivity contribution in [3.63, 3.8) is 0 Å². The summed E-state index contributed by atoms with van der Waals surface area (Å²) >= 11 is 5.66. The first-order valence-electron chi connectivity index (χ1n) is 4.73. The first-order chi connectivity index (χ1) is 7.61. The van der Waals surface area contributed by atoms with Crippen molar-refractivity contribution in [3.05, 3.63) is 17.3 Å². The van der Waals surface area contributed by atoms with Crippen molar-refractivity contribution in [2.45, 2.75) is 6.42 Å². The third-order valence-electron chi connectivity index (χ3n) is 2.43. The minimum atomic E-state index is -0.131. The zero-order valence-electron chi connectivity index (χ0n) is 8.35. The molecule has 2 rings (SSSR count). The molecule has 5 heteroatoms. The number of anilines is 1. The lowest BCUT2D eigenvalue weighted by atomic mass is 10.1. The molecule has 0 aromatic carbocycles. The molecule has 82 valence electrons. The van der Waals surface area contributed by atoms with E-state index in [1.54, 1.807) is 0 Å². The summed E-state index contributed by atoms with van der Waals surface area (Å²) in [5.41, 5.74) is 0. The van der Waals surface area contributed by atoms with Crippen molar-refractivity contribution in [1.82, 2.24) is 4.98 Å². The van der Waals surface area contributed by atoms with Crippen LogP contribution < -0.4 is 4.90 Å². The Labute approximate surface area is 97.9 Å². The number of rotatable bonds is 1. The highest BCUT2D eigenvalue weighted by Crippen LogP contribution is 2.31. The fraction of sp³-hybridized carbons (Fsp3) is 0.273. The largest absolute Gasteiger partial charge is 0.504 e. The number of aromatic nitrogens is 1. The summed E-state index contributed by atoms with van der Waals surface area (Å²) in [6, 6.07) is 1.35. The first kappa shape index (κ1) is 10.8. The quantitative estimate of drug-likeness (QED) is 0.751. The standard InChI is InChI=1S/C11H9ClN2O2/c1-2-7-3-10(16)14(6-7)11-9(15)4-8(12)5-13-11/h1,4-5,7,15H,3,6H2. The van der Waals surface area contributed by atoms with E-state index in [1.807, 2.05) is 0 Å². The van der Waals surface area contributed by atoms with Gasteiger partial charge in [0.15, 0.2) is 11.6 Å². The van der Waals surface area contributed by atoms with E-state index in [4.69, 9.17) is 18.0 Å². The molecule has 1 atom stereocenters. The van der Waals surface area contributed by atoms with E-state index in [-0.39, 0.29) is 23.4 Å². The molecule has 0 spiro atoms. The second-order valence-electron chi connectivity index (χ2n) is 3.57. The van der Waals surface area contributed by atoms with Crippen LogP contribution >= 0.6 is 11.6 Å². The van der Waals surface area contributed by atoms with Gasteiger partial charge in [-0.1, -0.05) is 11.6 Å². The van der Waals surface area contributed by atoms with Crippen LogP contribution in [0.1, 0.15) is 6.42 Å². The second-order valence-corrected chi connectivity index (χ2v) is 4.00. The van der Waals surface area contributed by atoms with Crippen LogP contribution in [0, 0.1) is 18.3 Å². The zero-order chi connectivity index (χ0) is 11.7. The molecule has 16 heavy (non-hydrogen) atoms. The molecule has 1 saturated heterocycles. The number of halogens is 1. The van der Waals surface area contributed by atoms with Crippen LogP contribution in [0.4, 0.5) is 5.82 Å². The van der Waals surface area contributed by atoms with Gasteiger partial charge in [-0.25, -0.2) is 4.98 Å². The van der Waals surface area contributed by atoms with Crippen LogP contribution in [0.3, 0.4) is 0 Å². The Balaban J connectivity index is 2.32. The second kappa shape index (κ2) is 4.03. The summed E-state index contributed by atoms with van der Waals surface area (Å²) in [6.45, 7) is 0.386. The molecule has 1 aliphatic heterocycles. The van der Waals surface area contributed by atoms with Gasteiger partial charge < -0.3 is 5.11 Å². The lowest BCUT2D eigenvalue weighted by molar-refractivity contribution is -0.117. The average molecular weight is 237 g/mol. The topological polar surface area (TPSA) is 53.4 Å². The molecular formula is C11H9ClN2O2. The SMILES string of the molecule is C#CC1CC(=O)N(c2ncc(Cl)cc2O)C1. The van der Waals surface area contributed by atoms with Crippen LogP contribution in [-0.4, -0.2) is 22.5 Å². The molecule has 4 nitrogen and oxygen atoms in total. The lowest BCUT2D eigenvalue weighted by Crippen LogP contribution is -2.25. The molecule has 0 radical (unpaired) electrons. The van der Waals surface area contributed by atoms with Crippen molar-refractivity contribution in [2.75, 3.05) is 11.4 Å². The number of hydrogen-bond acceptors (Lipinski definition) is 3. The summed E-state index contributed by atoms with van der Waals surface area (Å²) in [7, 11) is 0. The van der Waals surface area contributed by atoms with Crippen LogP contribution in [0.25, 0.3) is 0 Å². The molecule has 1 aromatic heterocycles. The monoisotopic (exact) mass is 236 g/mol. The number of amides is 1. The van der Waals surface area contributed by atoms with Crippen LogP contribution in [-0.2, 0) is 4.79 Å². The van der Waals surface area contributed by atoms with E-state index in [1.165, 1.54) is 17.2 Å². The Morgan fingerprint density at radius 3 is 3.00 bits per heavy atom. The Bertz CT molecular complexity index is 481. The molecular weight excluding hydrogens is 228 g/mol. The maximum atomic E-state index is 11.6. The minimum Gasteiger partial charge on any atom is -0.504 e. The van der Waals surface area contributed by atoms with Crippen molar-refractivity contribution in [1.29, 1.82) is 0 Å². The number of carbonyl (C=O) groups is 1. The smallest absolute Gasteiger partial charge is 0.229 e. The van der Waals surface area contributed by atoms with Crippen molar-refractivity contribution in [2.24, 2.45) is 5.92 Å². The van der Waals surface area contributed by atoms with E-state index in [0.717, 1.165) is 0 Å². The van der Waals surface area contributed by atoms with Gasteiger partial charge in [-0.2, -0.15) is 0 Å². The molecule has 1 aromatic rings. The normalized spacial score (nSPS) is 19.9. The fourth-order valence-electron chi connectivity index (χ4n) is 1.65. The molecule has 0 aliphatic carbocycles. The lowest BCUT2D eigenvalue weighted by Gasteiger charge is -2.15. The van der Waals surface area contributed by atoms with Gasteiger partial charge in [0.25, 0.3) is 0 Å². The highest BCUT2D eigenvalue weighted by Gasteiger charge is 2.31. The van der Waals surface area contributed by atoms with Gasteiger partial charge >= 0.3 is 0 Å². The fourth-order valence-corrected chi connectivity index (χ4v) is 1.81. The molecule has 1 unspecified atom stereocenters. The van der Waals surface area contributed by atoms with Gasteiger partial charge in [0, 0.05) is 31.1 Å². The Morgan fingerprint density at radius 2 is 2.44 bits per heavy atom. The number of pyridine rings is 1. The van der Waals surface area contributed by atoms with E-state index in [0.29, 0.717) is 18.0 Å². The van der Waals surface area contributed by atoms with Crippen molar-refractivity contribution < 1.29 is 9.90 Å². The Morgan fingerprint density at radius 1 is 1.69 bits per heavy atom. The van der Waals surface area contributed by atoms with Gasteiger partial charge in [-0.3, -0.25) is 9.69 Å². The van der Waals surface area contributed by atoms with Crippen LogP contribution in [0.15, 0.2) is 12.3 Å². The minimum absolute atomic E-state index is 0.112. The van der Waals surface area contributed by atoms with Gasteiger partial charge in [0.1, 0.15) is 0 Å².